The van der Waals surface area contributed by atoms with E-state index >= 15 is 0 Å². The Morgan fingerprint density at radius 1 is 1.28 bits per heavy atom. The number of likely N-dealkylation sites (N-methyl/N-ethyl adjacent to an activating group) is 1. The summed E-state index contributed by atoms with van der Waals surface area (Å²) < 4.78 is 24.1. The van der Waals surface area contributed by atoms with Crippen LogP contribution in [0.3, 0.4) is 0 Å². The summed E-state index contributed by atoms with van der Waals surface area (Å²) in [7, 11) is -0.963. The summed E-state index contributed by atoms with van der Waals surface area (Å²) in [6, 6.07) is 8.20. The lowest BCUT2D eigenvalue weighted by atomic mass is 9.99. The Morgan fingerprint density at radius 2 is 2.00 bits per heavy atom. The van der Waals surface area contributed by atoms with Crippen molar-refractivity contribution in [1.82, 2.24) is 10.2 Å². The lowest BCUT2D eigenvalue weighted by molar-refractivity contribution is 0.122. The van der Waals surface area contributed by atoms with Crippen molar-refractivity contribution in [3.63, 3.8) is 0 Å². The Hall–Kier alpha value is -0.910. The van der Waals surface area contributed by atoms with E-state index in [1.807, 2.05) is 18.2 Å². The molecule has 0 radical (unpaired) electrons. The molecule has 1 saturated heterocycles. The van der Waals surface area contributed by atoms with Crippen LogP contribution in [0.2, 0.25) is 0 Å². The Morgan fingerprint density at radius 3 is 2.67 bits per heavy atom. The molecule has 18 heavy (non-hydrogen) atoms. The average Bonchev–Trinajstić information content (AvgIpc) is 2.27. The number of hydrogen-bond donors (Lipinski definition) is 1. The minimum absolute atomic E-state index is 0.233. The van der Waals surface area contributed by atoms with Gasteiger partial charge in [0, 0.05) is 25.2 Å². The topological polar surface area (TPSA) is 49.4 Å². The summed E-state index contributed by atoms with van der Waals surface area (Å²) in [5.41, 5.74) is 0.971. The molecule has 0 saturated carbocycles. The predicted molar refractivity (Wildman–Crippen MR) is 70.3 cm³/mol. The Balaban J connectivity index is 1.99. The fourth-order valence-corrected chi connectivity index (χ4v) is 4.41. The van der Waals surface area contributed by atoms with Crippen molar-refractivity contribution < 1.29 is 8.42 Å². The van der Waals surface area contributed by atoms with Gasteiger partial charge >= 0.3 is 0 Å². The molecule has 1 aromatic rings. The second-order valence-corrected chi connectivity index (χ2v) is 7.22. The normalized spacial score (nSPS) is 26.7. The first-order chi connectivity index (χ1) is 8.59. The third-order valence-corrected chi connectivity index (χ3v) is 5.92. The van der Waals surface area contributed by atoms with Crippen molar-refractivity contribution in [2.24, 2.45) is 0 Å². The smallest absolute Gasteiger partial charge is 0.178 e. The van der Waals surface area contributed by atoms with Crippen molar-refractivity contribution in [1.29, 1.82) is 0 Å². The summed E-state index contributed by atoms with van der Waals surface area (Å²) in [4.78, 5) is 2.85. The molecule has 98 valence electrons. The molecule has 1 fully saturated rings. The number of hydrogen-bond acceptors (Lipinski definition) is 4. The van der Waals surface area contributed by atoms with Crippen LogP contribution in [0.15, 0.2) is 29.2 Å². The number of benzene rings is 1. The molecule has 1 atom stereocenters. The lowest BCUT2D eigenvalue weighted by Crippen LogP contribution is -2.57. The van der Waals surface area contributed by atoms with E-state index < -0.39 is 9.84 Å². The van der Waals surface area contributed by atoms with Gasteiger partial charge in [-0.05, 0) is 25.1 Å². The zero-order chi connectivity index (χ0) is 12.8. The molecule has 0 bridgehead atoms. The Labute approximate surface area is 108 Å². The first-order valence-corrected chi connectivity index (χ1v) is 7.99. The van der Waals surface area contributed by atoms with Gasteiger partial charge in [-0.2, -0.15) is 0 Å². The van der Waals surface area contributed by atoms with Gasteiger partial charge in [-0.25, -0.2) is 8.42 Å². The number of sulfone groups is 1. The Bertz CT molecular complexity index is 552. The molecular formula is C13H18N2O2S. The van der Waals surface area contributed by atoms with E-state index in [2.05, 4.69) is 17.3 Å². The van der Waals surface area contributed by atoms with Crippen molar-refractivity contribution in [2.75, 3.05) is 25.9 Å². The standard InChI is InChI=1S/C13H18N2O2S/c1-15(10-8-14-9-10)12-6-7-18(16,17)13-5-3-2-4-11(12)13/h2-5,10,12,14H,6-9H2,1H3. The maximum atomic E-state index is 12.1. The second-order valence-electron chi connectivity index (χ2n) is 5.14. The van der Waals surface area contributed by atoms with Gasteiger partial charge in [-0.1, -0.05) is 18.2 Å². The van der Waals surface area contributed by atoms with Crippen LogP contribution in [-0.4, -0.2) is 45.2 Å². The van der Waals surface area contributed by atoms with Crippen LogP contribution < -0.4 is 5.32 Å². The molecule has 0 amide bonds. The SMILES string of the molecule is CN(C1CNC1)C1CCS(=O)(=O)c2ccccc21. The van der Waals surface area contributed by atoms with Gasteiger partial charge in [-0.3, -0.25) is 4.90 Å². The summed E-state index contributed by atoms with van der Waals surface area (Å²) in [6.07, 6.45) is 0.701. The highest BCUT2D eigenvalue weighted by Crippen LogP contribution is 2.36. The number of fused-ring (bicyclic) bond motifs is 1. The highest BCUT2D eigenvalue weighted by Gasteiger charge is 2.35. The minimum atomic E-state index is -3.07. The van der Waals surface area contributed by atoms with E-state index in [1.54, 1.807) is 6.07 Å². The van der Waals surface area contributed by atoms with Gasteiger partial charge in [0.25, 0.3) is 0 Å². The van der Waals surface area contributed by atoms with Crippen LogP contribution >= 0.6 is 0 Å². The first kappa shape index (κ1) is 12.1. The number of nitrogens with one attached hydrogen (secondary N) is 1. The molecule has 0 aliphatic carbocycles. The summed E-state index contributed by atoms with van der Waals surface area (Å²) in [5, 5.41) is 3.26. The zero-order valence-corrected chi connectivity index (χ0v) is 11.3. The van der Waals surface area contributed by atoms with Gasteiger partial charge in [0.15, 0.2) is 9.84 Å². The summed E-state index contributed by atoms with van der Waals surface area (Å²) >= 11 is 0. The van der Waals surface area contributed by atoms with Gasteiger partial charge in [-0.15, -0.1) is 0 Å². The molecule has 4 nitrogen and oxygen atoms in total. The van der Waals surface area contributed by atoms with Crippen LogP contribution in [0, 0.1) is 0 Å². The molecule has 1 unspecified atom stereocenters. The fraction of sp³-hybridized carbons (Fsp3) is 0.538. The third kappa shape index (κ3) is 1.86. The van der Waals surface area contributed by atoms with E-state index in [-0.39, 0.29) is 11.8 Å². The van der Waals surface area contributed by atoms with Crippen LogP contribution in [0.25, 0.3) is 0 Å². The van der Waals surface area contributed by atoms with Crippen LogP contribution in [0.1, 0.15) is 18.0 Å². The van der Waals surface area contributed by atoms with E-state index in [9.17, 15) is 8.42 Å². The molecular weight excluding hydrogens is 248 g/mol. The quantitative estimate of drug-likeness (QED) is 0.860. The molecule has 3 rings (SSSR count). The highest BCUT2D eigenvalue weighted by molar-refractivity contribution is 7.91. The molecule has 2 heterocycles. The van der Waals surface area contributed by atoms with Crippen LogP contribution in [0.5, 0.6) is 0 Å². The van der Waals surface area contributed by atoms with Crippen LogP contribution in [-0.2, 0) is 9.84 Å². The maximum absolute atomic E-state index is 12.1. The first-order valence-electron chi connectivity index (χ1n) is 6.34. The van der Waals surface area contributed by atoms with Crippen molar-refractivity contribution in [3.05, 3.63) is 29.8 Å². The van der Waals surface area contributed by atoms with Crippen molar-refractivity contribution >= 4 is 9.84 Å². The van der Waals surface area contributed by atoms with E-state index in [0.29, 0.717) is 17.4 Å². The molecule has 5 heteroatoms. The minimum Gasteiger partial charge on any atom is -0.314 e. The van der Waals surface area contributed by atoms with Gasteiger partial charge in [0.2, 0.25) is 0 Å². The molecule has 0 spiro atoms. The summed E-state index contributed by atoms with van der Waals surface area (Å²) in [6.45, 7) is 2.00. The maximum Gasteiger partial charge on any atom is 0.178 e. The van der Waals surface area contributed by atoms with E-state index in [4.69, 9.17) is 0 Å². The molecule has 0 aromatic heterocycles. The second kappa shape index (κ2) is 4.33. The monoisotopic (exact) mass is 266 g/mol. The van der Waals surface area contributed by atoms with Crippen molar-refractivity contribution in [3.8, 4) is 0 Å². The van der Waals surface area contributed by atoms with Gasteiger partial charge in [0.1, 0.15) is 0 Å². The number of rotatable bonds is 2. The zero-order valence-electron chi connectivity index (χ0n) is 10.5. The van der Waals surface area contributed by atoms with Crippen molar-refractivity contribution in [2.45, 2.75) is 23.4 Å². The molecule has 2 aliphatic heterocycles. The number of nitrogens with zero attached hydrogens (tertiary/aromatic N) is 1. The largest absolute Gasteiger partial charge is 0.314 e. The average molecular weight is 266 g/mol. The molecule has 1 N–H and O–H groups in total. The van der Waals surface area contributed by atoms with E-state index in [1.165, 1.54) is 0 Å². The predicted octanol–water partition coefficient (Wildman–Crippen LogP) is 0.809. The lowest BCUT2D eigenvalue weighted by Gasteiger charge is -2.42. The summed E-state index contributed by atoms with van der Waals surface area (Å²) in [5.74, 6) is 0.263. The van der Waals surface area contributed by atoms with Crippen LogP contribution in [0.4, 0.5) is 0 Å². The van der Waals surface area contributed by atoms with Gasteiger partial charge in [0.05, 0.1) is 10.6 Å². The highest BCUT2D eigenvalue weighted by atomic mass is 32.2. The third-order valence-electron chi connectivity index (χ3n) is 4.10. The van der Waals surface area contributed by atoms with Gasteiger partial charge < -0.3 is 5.32 Å². The van der Waals surface area contributed by atoms with E-state index in [0.717, 1.165) is 18.7 Å². The molecule has 2 aliphatic rings. The fourth-order valence-electron chi connectivity index (χ4n) is 2.81. The Kier molecular flexibility index (Phi) is 2.92. The molecule has 1 aromatic carbocycles.